The van der Waals surface area contributed by atoms with Gasteiger partial charge in [0.25, 0.3) is 0 Å². The van der Waals surface area contributed by atoms with Crippen molar-refractivity contribution in [1.29, 1.82) is 0 Å². The van der Waals surface area contributed by atoms with Crippen LogP contribution in [0.5, 0.6) is 0 Å². The number of pyridine rings is 1. The molecule has 8 rings (SSSR count). The summed E-state index contributed by atoms with van der Waals surface area (Å²) >= 11 is -1.86. The molecule has 0 bridgehead atoms. The summed E-state index contributed by atoms with van der Waals surface area (Å²) in [6, 6.07) is 41.7. The zero-order valence-corrected chi connectivity index (χ0v) is 34.9. The van der Waals surface area contributed by atoms with E-state index in [1.165, 1.54) is 17.7 Å². The molecular formula is C45H42FGeIrN3O-2. The number of aromatic nitrogens is 3. The minimum atomic E-state index is -1.86. The van der Waals surface area contributed by atoms with Crippen LogP contribution in [0.4, 0.5) is 4.39 Å². The van der Waals surface area contributed by atoms with Gasteiger partial charge in [-0.25, -0.2) is 4.39 Å². The molecule has 3 aromatic heterocycles. The summed E-state index contributed by atoms with van der Waals surface area (Å²) in [5.41, 5.74) is 9.95. The van der Waals surface area contributed by atoms with Gasteiger partial charge in [0.2, 0.25) is 0 Å². The number of hydrogen-bond donors (Lipinski definition) is 0. The summed E-state index contributed by atoms with van der Waals surface area (Å²) in [5.74, 6) is 8.64. The summed E-state index contributed by atoms with van der Waals surface area (Å²) in [5, 5.41) is 2.04. The molecule has 0 saturated heterocycles. The molecule has 3 heterocycles. The van der Waals surface area contributed by atoms with Crippen LogP contribution in [0, 0.1) is 23.9 Å². The van der Waals surface area contributed by atoms with Gasteiger partial charge in [0.1, 0.15) is 11.4 Å². The first kappa shape index (κ1) is 37.4. The van der Waals surface area contributed by atoms with Crippen LogP contribution < -0.4 is 4.40 Å². The van der Waals surface area contributed by atoms with Crippen molar-refractivity contribution in [3.05, 3.63) is 139 Å². The van der Waals surface area contributed by atoms with E-state index < -0.39 is 13.3 Å². The number of aryl methyl sites for hydroxylation is 1. The number of furan rings is 1. The van der Waals surface area contributed by atoms with Gasteiger partial charge in [-0.05, 0) is 48.4 Å². The largest absolute Gasteiger partial charge is 0.500 e. The van der Waals surface area contributed by atoms with Crippen LogP contribution in [0.15, 0.2) is 120 Å². The van der Waals surface area contributed by atoms with E-state index in [9.17, 15) is 4.39 Å². The molecule has 0 spiro atoms. The van der Waals surface area contributed by atoms with Gasteiger partial charge in [0.15, 0.2) is 0 Å². The van der Waals surface area contributed by atoms with E-state index in [4.69, 9.17) is 14.4 Å². The SMILES string of the molecule is CC(C)Cc1cc(-c2[c-]cccc2)nc[c]1[Ge]([CH3])([CH3])[CH3].CCn1c(-c2[c-]cc3oc4cc(-c5cccc(F)c5)ccc4c3c2)nc2ccccc21.[Ir]. The van der Waals surface area contributed by atoms with Gasteiger partial charge in [0, 0.05) is 32.0 Å². The molecule has 4 nitrogen and oxygen atoms in total. The van der Waals surface area contributed by atoms with Crippen LogP contribution in [0.2, 0.25) is 17.3 Å². The van der Waals surface area contributed by atoms with Crippen LogP contribution in [0.25, 0.3) is 66.7 Å². The number of halogens is 1. The standard InChI is InChI=1S/C27H18FN2O.C18H24GeN.Ir/c1-2-30-24-9-4-3-8-23(24)29-27(30)19-11-13-25-22(15-19)21-12-10-18(16-26(21)31-25)17-6-5-7-20(28)14-17;1-14(2)11-16-12-18(15-9-7-6-8-10-15)20-13-17(16)19(3,4)5;/h3-10,12-16H,2H2,1H3;6-9,12-14H,11H2,1-5H3;/q2*-1;. The summed E-state index contributed by atoms with van der Waals surface area (Å²) in [4.78, 5) is 9.55. The first-order valence-electron chi connectivity index (χ1n) is 17.6. The predicted molar refractivity (Wildman–Crippen MR) is 212 cm³/mol. The maximum absolute atomic E-state index is 13.6. The Labute approximate surface area is 321 Å². The maximum Gasteiger partial charge on any atom is 0.123 e. The maximum atomic E-state index is 13.6. The molecule has 52 heavy (non-hydrogen) atoms. The minimum absolute atomic E-state index is 0. The summed E-state index contributed by atoms with van der Waals surface area (Å²) in [7, 11) is 0. The monoisotopic (exact) mass is 926 g/mol. The van der Waals surface area contributed by atoms with Crippen LogP contribution >= 0.6 is 0 Å². The Hall–Kier alpha value is -4.36. The number of benzene rings is 5. The Kier molecular flexibility index (Phi) is 11.3. The van der Waals surface area contributed by atoms with E-state index in [1.807, 2.05) is 66.7 Å². The number of imidazole rings is 1. The molecule has 8 aromatic rings. The number of nitrogens with zero attached hydrogens (tertiary/aromatic N) is 3. The van der Waals surface area contributed by atoms with Crippen molar-refractivity contribution in [2.45, 2.75) is 51.0 Å². The molecule has 0 saturated carbocycles. The van der Waals surface area contributed by atoms with Gasteiger partial charge < -0.3 is 8.98 Å². The van der Waals surface area contributed by atoms with E-state index in [0.29, 0.717) is 5.92 Å². The second-order valence-corrected chi connectivity index (χ2v) is 25.0. The molecule has 0 amide bonds. The third-order valence-corrected chi connectivity index (χ3v) is 13.5. The van der Waals surface area contributed by atoms with Crippen molar-refractivity contribution in [2.75, 3.05) is 0 Å². The smallest absolute Gasteiger partial charge is 0.123 e. The fraction of sp³-hybridized carbons (Fsp3) is 0.200. The Morgan fingerprint density at radius 2 is 1.60 bits per heavy atom. The van der Waals surface area contributed by atoms with Gasteiger partial charge >= 0.3 is 126 Å². The Morgan fingerprint density at radius 1 is 0.808 bits per heavy atom. The van der Waals surface area contributed by atoms with Crippen molar-refractivity contribution in [1.82, 2.24) is 14.5 Å². The molecule has 0 fully saturated rings. The molecule has 0 aliphatic carbocycles. The fourth-order valence-corrected chi connectivity index (χ4v) is 10.1. The molecule has 0 N–H and O–H groups in total. The summed E-state index contributed by atoms with van der Waals surface area (Å²) in [6.07, 6.45) is 3.27. The molecule has 0 unspecified atom stereocenters. The fourth-order valence-electron chi connectivity index (χ4n) is 6.78. The second-order valence-electron chi connectivity index (χ2n) is 14.5. The summed E-state index contributed by atoms with van der Waals surface area (Å²) in [6.45, 7) is 7.52. The van der Waals surface area contributed by atoms with Gasteiger partial charge in [0.05, 0.1) is 22.4 Å². The zero-order valence-electron chi connectivity index (χ0n) is 30.4. The van der Waals surface area contributed by atoms with Crippen molar-refractivity contribution in [3.63, 3.8) is 0 Å². The van der Waals surface area contributed by atoms with E-state index in [1.54, 1.807) is 10.5 Å². The Morgan fingerprint density at radius 3 is 2.33 bits per heavy atom. The first-order valence-corrected chi connectivity index (χ1v) is 25.0. The average Bonchev–Trinajstić information content (AvgIpc) is 3.69. The number of para-hydroxylation sites is 2. The third kappa shape index (κ3) is 7.85. The zero-order chi connectivity index (χ0) is 35.7. The first-order chi connectivity index (χ1) is 24.6. The van der Waals surface area contributed by atoms with Crippen molar-refractivity contribution < 1.29 is 28.9 Å². The topological polar surface area (TPSA) is 43.9 Å². The van der Waals surface area contributed by atoms with E-state index >= 15 is 0 Å². The van der Waals surface area contributed by atoms with Gasteiger partial charge in [-0.15, -0.1) is 23.8 Å². The van der Waals surface area contributed by atoms with Crippen LogP contribution in [-0.4, -0.2) is 27.8 Å². The molecule has 0 aliphatic heterocycles. The number of fused-ring (bicyclic) bond motifs is 4. The van der Waals surface area contributed by atoms with E-state index in [0.717, 1.165) is 79.7 Å². The molecule has 0 atom stereocenters. The summed E-state index contributed by atoms with van der Waals surface area (Å²) < 4.78 is 23.5. The number of rotatable bonds is 7. The van der Waals surface area contributed by atoms with Gasteiger partial charge in [-0.2, -0.15) is 0 Å². The van der Waals surface area contributed by atoms with Crippen LogP contribution in [0.1, 0.15) is 26.3 Å². The Balaban J connectivity index is 0.000000193. The quantitative estimate of drug-likeness (QED) is 0.118. The molecular weight excluding hydrogens is 882 g/mol. The second kappa shape index (κ2) is 15.7. The van der Waals surface area contributed by atoms with E-state index in [2.05, 4.69) is 85.2 Å². The normalized spacial score (nSPS) is 11.5. The van der Waals surface area contributed by atoms with Gasteiger partial charge in [-0.1, -0.05) is 41.8 Å². The molecule has 5 aromatic carbocycles. The van der Waals surface area contributed by atoms with Crippen molar-refractivity contribution in [3.8, 4) is 33.8 Å². The average molecular weight is 925 g/mol. The van der Waals surface area contributed by atoms with Crippen molar-refractivity contribution in [2.24, 2.45) is 5.92 Å². The van der Waals surface area contributed by atoms with Gasteiger partial charge in [-0.3, -0.25) is 4.98 Å². The minimum Gasteiger partial charge on any atom is -0.500 e. The molecule has 7 heteroatoms. The van der Waals surface area contributed by atoms with E-state index in [-0.39, 0.29) is 25.9 Å². The van der Waals surface area contributed by atoms with Crippen LogP contribution in [0.3, 0.4) is 0 Å². The Bertz CT molecular complexity index is 2480. The third-order valence-electron chi connectivity index (χ3n) is 9.19. The molecule has 1 radical (unpaired) electrons. The predicted octanol–water partition coefficient (Wildman–Crippen LogP) is 11.5. The van der Waals surface area contributed by atoms with Crippen LogP contribution in [-0.2, 0) is 33.1 Å². The van der Waals surface area contributed by atoms with Crippen molar-refractivity contribution >= 4 is 50.6 Å². The number of hydrogen-bond acceptors (Lipinski definition) is 3. The molecule has 265 valence electrons. The molecule has 0 aliphatic rings.